The second-order valence-electron chi connectivity index (χ2n) is 11.1. The first kappa shape index (κ1) is 38.7. The van der Waals surface area contributed by atoms with Gasteiger partial charge in [0.15, 0.2) is 12.0 Å². The molecule has 1 aliphatic carbocycles. The number of hydrogen-bond acceptors (Lipinski definition) is 13. The highest BCUT2D eigenvalue weighted by atomic mass is 32.1. The van der Waals surface area contributed by atoms with Crippen molar-refractivity contribution >= 4 is 34.7 Å². The van der Waals surface area contributed by atoms with E-state index in [0.29, 0.717) is 0 Å². The molecule has 264 valence electrons. The number of aliphatic hydroxyl groups is 5. The largest absolute Gasteiger partial charge is 0.404 e. The van der Waals surface area contributed by atoms with Crippen LogP contribution in [-0.2, 0) is 4.74 Å². The second-order valence-corrected chi connectivity index (χ2v) is 11.9. The van der Waals surface area contributed by atoms with E-state index in [1.807, 2.05) is 0 Å². The third kappa shape index (κ3) is 10.4. The minimum Gasteiger partial charge on any atom is -0.404 e. The topological polar surface area (TPSA) is 221 Å². The summed E-state index contributed by atoms with van der Waals surface area (Å²) in [5, 5.41) is 56.1. The number of nitrogens with zero attached hydrogens (tertiary/aromatic N) is 5. The van der Waals surface area contributed by atoms with Gasteiger partial charge in [0.1, 0.15) is 34.3 Å². The molecule has 0 aromatic carbocycles. The summed E-state index contributed by atoms with van der Waals surface area (Å²) in [7, 11) is 0. The Morgan fingerprint density at radius 1 is 1.15 bits per heavy atom. The number of aliphatic hydroxyl groups excluding tert-OH is 5. The lowest BCUT2D eigenvalue weighted by molar-refractivity contribution is -0.137. The summed E-state index contributed by atoms with van der Waals surface area (Å²) in [6.07, 6.45) is 2.12. The number of amides is 1. The van der Waals surface area contributed by atoms with Crippen molar-refractivity contribution in [3.8, 4) is 11.4 Å². The number of anilines is 1. The van der Waals surface area contributed by atoms with Crippen LogP contribution in [0.4, 0.5) is 14.5 Å². The van der Waals surface area contributed by atoms with E-state index < -0.39 is 54.9 Å². The van der Waals surface area contributed by atoms with Crippen molar-refractivity contribution in [2.45, 2.75) is 89.6 Å². The number of rotatable bonds is 13. The van der Waals surface area contributed by atoms with E-state index in [4.69, 9.17) is 15.6 Å². The fraction of sp³-hybridized carbons (Fsp3) is 0.516. The lowest BCUT2D eigenvalue weighted by Gasteiger charge is -2.27. The van der Waals surface area contributed by atoms with Gasteiger partial charge in [-0.2, -0.15) is 9.49 Å². The van der Waals surface area contributed by atoms with Crippen LogP contribution in [0, 0.1) is 11.8 Å². The highest BCUT2D eigenvalue weighted by molar-refractivity contribution is 7.11. The maximum absolute atomic E-state index is 14.7. The van der Waals surface area contributed by atoms with Gasteiger partial charge in [0.2, 0.25) is 5.95 Å². The first-order valence-corrected chi connectivity index (χ1v) is 16.4. The monoisotopic (exact) mass is 695 g/mol. The zero-order valence-corrected chi connectivity index (χ0v) is 27.7. The maximum Gasteiger partial charge on any atom is 0.275 e. The summed E-state index contributed by atoms with van der Waals surface area (Å²) in [5.74, 6) is -2.34. The minimum atomic E-state index is -1.65. The molecule has 3 aromatic rings. The Hall–Kier alpha value is -3.71. The highest BCUT2D eigenvalue weighted by Crippen LogP contribution is 2.33. The molecule has 0 spiro atoms. The summed E-state index contributed by atoms with van der Waals surface area (Å²) in [4.78, 5) is 25.5. The van der Waals surface area contributed by atoms with Crippen molar-refractivity contribution in [3.63, 3.8) is 0 Å². The van der Waals surface area contributed by atoms with E-state index in [1.54, 1.807) is 17.8 Å². The number of allylic oxidation sites excluding steroid dienone is 1. The van der Waals surface area contributed by atoms with Crippen LogP contribution in [0.15, 0.2) is 34.9 Å². The number of pyridine rings is 1. The molecule has 1 amide bonds. The van der Waals surface area contributed by atoms with Gasteiger partial charge < -0.3 is 41.3 Å². The first-order valence-electron chi connectivity index (χ1n) is 15.5. The van der Waals surface area contributed by atoms with Gasteiger partial charge in [0, 0.05) is 36.2 Å². The van der Waals surface area contributed by atoms with Crippen molar-refractivity contribution in [2.24, 2.45) is 10.7 Å². The third-order valence-electron chi connectivity index (χ3n) is 7.25. The Bertz CT molecular complexity index is 1530. The summed E-state index contributed by atoms with van der Waals surface area (Å²) >= 11 is 1.06. The van der Waals surface area contributed by atoms with Crippen molar-refractivity contribution in [3.05, 3.63) is 52.4 Å². The number of halogens is 2. The van der Waals surface area contributed by atoms with Crippen LogP contribution in [0.5, 0.6) is 0 Å². The number of aromatic nitrogens is 4. The number of ether oxygens (including phenoxy) is 1. The molecule has 3 heterocycles. The van der Waals surface area contributed by atoms with Gasteiger partial charge >= 0.3 is 0 Å². The molecule has 5 atom stereocenters. The Kier molecular flexibility index (Phi) is 15.1. The fourth-order valence-corrected chi connectivity index (χ4v) is 5.53. The number of aliphatic imine (C=N–C) groups is 1. The van der Waals surface area contributed by atoms with Gasteiger partial charge in [0.05, 0.1) is 30.5 Å². The summed E-state index contributed by atoms with van der Waals surface area (Å²) in [6, 6.07) is 1.88. The molecule has 17 heteroatoms. The van der Waals surface area contributed by atoms with E-state index >= 15 is 0 Å². The normalized spacial score (nSPS) is 17.3. The van der Waals surface area contributed by atoms with E-state index in [1.165, 1.54) is 31.6 Å². The van der Waals surface area contributed by atoms with Gasteiger partial charge in [-0.1, -0.05) is 19.3 Å². The lowest BCUT2D eigenvalue weighted by Crippen LogP contribution is -2.45. The van der Waals surface area contributed by atoms with Crippen LogP contribution >= 0.6 is 11.3 Å². The lowest BCUT2D eigenvalue weighted by atomic mass is 9.96. The molecule has 0 aliphatic heterocycles. The van der Waals surface area contributed by atoms with E-state index in [0.717, 1.165) is 55.6 Å². The molecule has 0 saturated heterocycles. The fourth-order valence-electron chi connectivity index (χ4n) is 4.73. The molecule has 14 nitrogen and oxygen atoms in total. The van der Waals surface area contributed by atoms with Crippen molar-refractivity contribution in [2.75, 3.05) is 18.5 Å². The Balaban J connectivity index is 0.00000201. The Morgan fingerprint density at radius 3 is 2.46 bits per heavy atom. The van der Waals surface area contributed by atoms with E-state index in [2.05, 4.69) is 25.4 Å². The molecule has 0 bridgehead atoms. The van der Waals surface area contributed by atoms with Crippen LogP contribution in [0.1, 0.15) is 74.4 Å². The average molecular weight is 696 g/mol. The number of hydrogen-bond donors (Lipinski definition) is 7. The number of carbonyl (C=O) groups excluding carboxylic acids is 1. The molecular weight excluding hydrogens is 652 g/mol. The standard InChI is InChI=1S/C29H37F2N7O6S.C2H6O/c1-15(13-39)44-28(26(42)25(41)16(2)40)33-11-17(10-32)29-35-21(14-45-29)27(43)34-20-12-38(18-6-4-3-5-7-18)37-24(20)23-19(30)8-9-22(31)36-23;1-2-3/h8-12,14-16,18,25-26,28,39-42H,3-7,13,32H2,1-2H3,(H,34,43);3H,2H2,1H3/b17-10+,33-11-;. The van der Waals surface area contributed by atoms with E-state index in [9.17, 15) is 34.0 Å². The molecule has 5 unspecified atom stereocenters. The Labute approximate surface area is 280 Å². The van der Waals surface area contributed by atoms with Gasteiger partial charge in [0.25, 0.3) is 5.91 Å². The summed E-state index contributed by atoms with van der Waals surface area (Å²) in [6.45, 7) is 4.35. The zero-order valence-electron chi connectivity index (χ0n) is 26.9. The SMILES string of the molecule is CC(CO)OC(/N=C\C(=C/N)c1nc(C(=O)Nc2cn(C3CCCCC3)nc2-c2nc(F)ccc2F)cs1)C(O)C(O)C(C)O.CCO. The molecule has 8 N–H and O–H groups in total. The first-order chi connectivity index (χ1) is 22.9. The summed E-state index contributed by atoms with van der Waals surface area (Å²) in [5.41, 5.74) is 5.80. The van der Waals surface area contributed by atoms with Crippen molar-refractivity contribution in [1.29, 1.82) is 0 Å². The van der Waals surface area contributed by atoms with Gasteiger partial charge in [-0.15, -0.1) is 11.3 Å². The highest BCUT2D eigenvalue weighted by Gasteiger charge is 2.31. The minimum absolute atomic E-state index is 0.0157. The van der Waals surface area contributed by atoms with Crippen LogP contribution in [0.2, 0.25) is 0 Å². The van der Waals surface area contributed by atoms with Gasteiger partial charge in [-0.3, -0.25) is 14.5 Å². The predicted octanol–water partition coefficient (Wildman–Crippen LogP) is 2.63. The molecule has 1 aliphatic rings. The number of carbonyl (C=O) groups is 1. The van der Waals surface area contributed by atoms with Crippen LogP contribution in [0.3, 0.4) is 0 Å². The molecule has 1 saturated carbocycles. The van der Waals surface area contributed by atoms with E-state index in [-0.39, 0.29) is 46.0 Å². The molecular formula is C31H43F2N7O7S. The average Bonchev–Trinajstić information content (AvgIpc) is 3.74. The molecule has 48 heavy (non-hydrogen) atoms. The second kappa shape index (κ2) is 18.7. The molecule has 1 fully saturated rings. The smallest absolute Gasteiger partial charge is 0.275 e. The molecule has 3 aromatic heterocycles. The predicted molar refractivity (Wildman–Crippen MR) is 176 cm³/mol. The van der Waals surface area contributed by atoms with Gasteiger partial charge in [-0.05, 0) is 45.7 Å². The number of thiazole rings is 1. The number of nitrogens with two attached hydrogens (primary N) is 1. The zero-order chi connectivity index (χ0) is 35.4. The summed E-state index contributed by atoms with van der Waals surface area (Å²) < 4.78 is 35.9. The van der Waals surface area contributed by atoms with Crippen molar-refractivity contribution in [1.82, 2.24) is 19.7 Å². The quantitative estimate of drug-likeness (QED) is 0.102. The van der Waals surface area contributed by atoms with Crippen molar-refractivity contribution < 1.29 is 43.8 Å². The molecule has 4 rings (SSSR count). The van der Waals surface area contributed by atoms with Crippen LogP contribution < -0.4 is 11.1 Å². The number of nitrogens with one attached hydrogen (secondary N) is 1. The van der Waals surface area contributed by atoms with Gasteiger partial charge in [-0.25, -0.2) is 14.4 Å². The third-order valence-corrected chi connectivity index (χ3v) is 8.15. The molecule has 0 radical (unpaired) electrons. The van der Waals surface area contributed by atoms with Crippen LogP contribution in [0.25, 0.3) is 17.0 Å². The Morgan fingerprint density at radius 2 is 1.83 bits per heavy atom. The van der Waals surface area contributed by atoms with Crippen LogP contribution in [-0.4, -0.2) is 101 Å². The maximum atomic E-state index is 14.7.